The predicted molar refractivity (Wildman–Crippen MR) is 53.7 cm³/mol. The number of fused-ring (bicyclic) bond motifs is 2. The van der Waals surface area contributed by atoms with Gasteiger partial charge in [0.25, 0.3) is 0 Å². The normalized spacial score (nSPS) is 44.3. The quantitative estimate of drug-likeness (QED) is 0.570. The summed E-state index contributed by atoms with van der Waals surface area (Å²) in [6.07, 6.45) is 3.80. The highest BCUT2D eigenvalue weighted by atomic mass is 16.6. The molecule has 0 heterocycles. The number of hydrogen-bond acceptors (Lipinski definition) is 2. The maximum atomic E-state index is 4.92. The Hall–Kier alpha value is -0.530. The van der Waals surface area contributed by atoms with Crippen LogP contribution >= 0.6 is 0 Å². The van der Waals surface area contributed by atoms with Crippen molar-refractivity contribution in [3.63, 3.8) is 0 Å². The van der Waals surface area contributed by atoms with Gasteiger partial charge >= 0.3 is 0 Å². The van der Waals surface area contributed by atoms with Crippen molar-refractivity contribution in [3.05, 3.63) is 0 Å². The molecule has 0 aromatic carbocycles. The van der Waals surface area contributed by atoms with Crippen LogP contribution in [-0.4, -0.2) is 12.8 Å². The Balaban J connectivity index is 2.38. The molecule has 0 radical (unpaired) electrons. The number of rotatable bonds is 1. The summed E-state index contributed by atoms with van der Waals surface area (Å²) in [5.74, 6) is 0.825. The topological polar surface area (TPSA) is 21.6 Å². The number of oxime groups is 1. The highest BCUT2D eigenvalue weighted by Gasteiger charge is 2.60. The van der Waals surface area contributed by atoms with E-state index in [4.69, 9.17) is 4.84 Å². The minimum absolute atomic E-state index is 0.299. The van der Waals surface area contributed by atoms with E-state index in [2.05, 4.69) is 25.9 Å². The third-order valence-electron chi connectivity index (χ3n) is 4.71. The Bertz CT molecular complexity index is 257. The molecule has 0 saturated heterocycles. The maximum Gasteiger partial charge on any atom is 0.106 e. The summed E-state index contributed by atoms with van der Waals surface area (Å²) in [4.78, 5) is 4.92. The first-order chi connectivity index (χ1) is 6.02. The van der Waals surface area contributed by atoms with Crippen LogP contribution in [0.15, 0.2) is 5.16 Å². The summed E-state index contributed by atoms with van der Waals surface area (Å²) in [7, 11) is 1.65. The molecular formula is C11H19NO. The molecule has 0 N–H and O–H groups in total. The van der Waals surface area contributed by atoms with Gasteiger partial charge in [0.1, 0.15) is 7.11 Å². The molecule has 13 heavy (non-hydrogen) atoms. The first kappa shape index (κ1) is 9.04. The summed E-state index contributed by atoms with van der Waals surface area (Å²) >= 11 is 0. The average molecular weight is 181 g/mol. The van der Waals surface area contributed by atoms with Gasteiger partial charge in [-0.25, -0.2) is 0 Å². The van der Waals surface area contributed by atoms with E-state index in [1.165, 1.54) is 18.6 Å². The van der Waals surface area contributed by atoms with E-state index < -0.39 is 0 Å². The zero-order chi connectivity index (χ0) is 9.69. The summed E-state index contributed by atoms with van der Waals surface area (Å²) in [5.41, 5.74) is 2.01. The van der Waals surface area contributed by atoms with E-state index in [1.54, 1.807) is 7.11 Å². The predicted octanol–water partition coefficient (Wildman–Crippen LogP) is 2.84. The fourth-order valence-electron chi connectivity index (χ4n) is 3.18. The van der Waals surface area contributed by atoms with Gasteiger partial charge in [-0.3, -0.25) is 0 Å². The zero-order valence-corrected chi connectivity index (χ0v) is 9.05. The van der Waals surface area contributed by atoms with E-state index in [1.807, 2.05) is 0 Å². The van der Waals surface area contributed by atoms with Crippen molar-refractivity contribution in [1.29, 1.82) is 0 Å². The van der Waals surface area contributed by atoms with Gasteiger partial charge in [0, 0.05) is 5.41 Å². The van der Waals surface area contributed by atoms with E-state index in [0.717, 1.165) is 12.3 Å². The molecule has 2 fully saturated rings. The fraction of sp³-hybridized carbons (Fsp3) is 0.909. The molecule has 2 bridgehead atoms. The molecule has 0 aromatic rings. The van der Waals surface area contributed by atoms with Gasteiger partial charge in [-0.15, -0.1) is 0 Å². The van der Waals surface area contributed by atoms with E-state index in [0.29, 0.717) is 10.8 Å². The zero-order valence-electron chi connectivity index (χ0n) is 9.05. The smallest absolute Gasteiger partial charge is 0.106 e. The Kier molecular flexibility index (Phi) is 1.73. The van der Waals surface area contributed by atoms with Crippen LogP contribution in [0.4, 0.5) is 0 Å². The summed E-state index contributed by atoms with van der Waals surface area (Å²) in [5, 5.41) is 4.19. The van der Waals surface area contributed by atoms with Gasteiger partial charge in [-0.2, -0.15) is 0 Å². The van der Waals surface area contributed by atoms with Gasteiger partial charge in [0.2, 0.25) is 0 Å². The van der Waals surface area contributed by atoms with Crippen LogP contribution < -0.4 is 0 Å². The second kappa shape index (κ2) is 2.49. The lowest BCUT2D eigenvalue weighted by atomic mass is 9.70. The van der Waals surface area contributed by atoms with E-state index in [9.17, 15) is 0 Å². The molecule has 2 nitrogen and oxygen atoms in total. The third-order valence-corrected chi connectivity index (χ3v) is 4.71. The van der Waals surface area contributed by atoms with Crippen molar-refractivity contribution >= 4 is 5.71 Å². The molecule has 2 rings (SSSR count). The van der Waals surface area contributed by atoms with Crippen LogP contribution in [0.5, 0.6) is 0 Å². The lowest BCUT2D eigenvalue weighted by molar-refractivity contribution is 0.180. The first-order valence-corrected chi connectivity index (χ1v) is 5.13. The summed E-state index contributed by atoms with van der Waals surface area (Å²) in [6, 6.07) is 0. The van der Waals surface area contributed by atoms with Crippen molar-refractivity contribution in [2.75, 3.05) is 7.11 Å². The van der Waals surface area contributed by atoms with Crippen molar-refractivity contribution in [2.45, 2.75) is 40.0 Å². The second-order valence-electron chi connectivity index (χ2n) is 5.21. The lowest BCUT2D eigenvalue weighted by Crippen LogP contribution is -2.32. The maximum absolute atomic E-state index is 4.92. The summed E-state index contributed by atoms with van der Waals surface area (Å²) < 4.78 is 0. The molecule has 2 saturated carbocycles. The molecule has 2 aliphatic rings. The Labute approximate surface area is 80.3 Å². The molecule has 74 valence electrons. The third kappa shape index (κ3) is 0.918. The van der Waals surface area contributed by atoms with Gasteiger partial charge in [-0.05, 0) is 30.6 Å². The molecule has 0 spiro atoms. The average Bonchev–Trinajstić information content (AvgIpc) is 2.37. The monoisotopic (exact) mass is 181 g/mol. The molecule has 0 aliphatic heterocycles. The lowest BCUT2D eigenvalue weighted by Gasteiger charge is -2.34. The van der Waals surface area contributed by atoms with Gasteiger partial charge < -0.3 is 4.84 Å². The second-order valence-corrected chi connectivity index (χ2v) is 5.21. The van der Waals surface area contributed by atoms with Crippen LogP contribution in [0.25, 0.3) is 0 Å². The highest BCUT2D eigenvalue weighted by Crippen LogP contribution is 2.63. The Morgan fingerprint density at radius 1 is 1.38 bits per heavy atom. The summed E-state index contributed by atoms with van der Waals surface area (Å²) in [6.45, 7) is 7.10. The van der Waals surface area contributed by atoms with Crippen LogP contribution in [0.2, 0.25) is 0 Å². The van der Waals surface area contributed by atoms with Crippen molar-refractivity contribution in [3.8, 4) is 0 Å². The van der Waals surface area contributed by atoms with Crippen molar-refractivity contribution in [2.24, 2.45) is 21.9 Å². The van der Waals surface area contributed by atoms with Gasteiger partial charge in [-0.1, -0.05) is 25.9 Å². The number of nitrogens with zero attached hydrogens (tertiary/aromatic N) is 1. The highest BCUT2D eigenvalue weighted by molar-refractivity contribution is 5.93. The first-order valence-electron chi connectivity index (χ1n) is 5.13. The molecule has 2 aliphatic carbocycles. The molecule has 2 heteroatoms. The molecule has 0 aromatic heterocycles. The van der Waals surface area contributed by atoms with E-state index >= 15 is 0 Å². The Morgan fingerprint density at radius 3 is 2.46 bits per heavy atom. The van der Waals surface area contributed by atoms with Crippen molar-refractivity contribution < 1.29 is 4.84 Å². The largest absolute Gasteiger partial charge is 0.399 e. The van der Waals surface area contributed by atoms with Gasteiger partial charge in [0.05, 0.1) is 5.71 Å². The van der Waals surface area contributed by atoms with Crippen LogP contribution in [0.1, 0.15) is 40.0 Å². The minimum atomic E-state index is 0.299. The van der Waals surface area contributed by atoms with Crippen molar-refractivity contribution in [1.82, 2.24) is 0 Å². The molecule has 0 unspecified atom stereocenters. The minimum Gasteiger partial charge on any atom is -0.399 e. The molecular weight excluding hydrogens is 162 g/mol. The molecule has 0 amide bonds. The van der Waals surface area contributed by atoms with Crippen LogP contribution in [0, 0.1) is 16.7 Å². The SMILES string of the molecule is CO/N=C1\C[C@H]2CC[C@]1(C)C2(C)C. The van der Waals surface area contributed by atoms with Crippen LogP contribution in [0.3, 0.4) is 0 Å². The fourth-order valence-corrected chi connectivity index (χ4v) is 3.18. The van der Waals surface area contributed by atoms with Gasteiger partial charge in [0.15, 0.2) is 0 Å². The molecule has 2 atom stereocenters. The Morgan fingerprint density at radius 2 is 2.08 bits per heavy atom. The van der Waals surface area contributed by atoms with Crippen LogP contribution in [-0.2, 0) is 4.84 Å². The van der Waals surface area contributed by atoms with E-state index in [-0.39, 0.29) is 0 Å². The number of hydrogen-bond donors (Lipinski definition) is 0. The standard InChI is InChI=1S/C11H19NO/c1-10(2)8-5-6-11(10,3)9(7-8)12-13-4/h8H,5-7H2,1-4H3/b12-9+/t8-,11+/m1/s1.